The summed E-state index contributed by atoms with van der Waals surface area (Å²) in [5.74, 6) is 0. The fourth-order valence-electron chi connectivity index (χ4n) is 1.76. The van der Waals surface area contributed by atoms with Crippen LogP contribution in [0.25, 0.3) is 10.2 Å². The van der Waals surface area contributed by atoms with E-state index < -0.39 is 0 Å². The molecule has 3 rings (SSSR count). The zero-order valence-corrected chi connectivity index (χ0v) is 11.3. The fourth-order valence-corrected chi connectivity index (χ4v) is 3.92. The molecule has 0 spiro atoms. The molecular formula is C14H12N2S2. The van der Waals surface area contributed by atoms with Crippen LogP contribution < -0.4 is 5.73 Å². The number of benzene rings is 2. The van der Waals surface area contributed by atoms with Gasteiger partial charge >= 0.3 is 0 Å². The highest BCUT2D eigenvalue weighted by molar-refractivity contribution is 8.01. The van der Waals surface area contributed by atoms with Crippen LogP contribution in [0.4, 0.5) is 0 Å². The van der Waals surface area contributed by atoms with Gasteiger partial charge in [0.2, 0.25) is 0 Å². The van der Waals surface area contributed by atoms with Crippen LogP contribution in [0.15, 0.2) is 57.8 Å². The third-order valence-corrected chi connectivity index (χ3v) is 4.88. The molecule has 1 heterocycles. The number of para-hydroxylation sites is 1. The summed E-state index contributed by atoms with van der Waals surface area (Å²) >= 11 is 3.41. The van der Waals surface area contributed by atoms with Crippen LogP contribution in [0.1, 0.15) is 5.56 Å². The first-order valence-corrected chi connectivity index (χ1v) is 7.31. The van der Waals surface area contributed by atoms with Crippen molar-refractivity contribution in [2.24, 2.45) is 5.73 Å². The molecule has 3 aromatic rings. The minimum atomic E-state index is 0.564. The van der Waals surface area contributed by atoms with Gasteiger partial charge in [0.05, 0.1) is 10.2 Å². The molecule has 0 aliphatic rings. The Morgan fingerprint density at radius 2 is 1.83 bits per heavy atom. The van der Waals surface area contributed by atoms with Crippen molar-refractivity contribution in [3.63, 3.8) is 0 Å². The Morgan fingerprint density at radius 3 is 2.67 bits per heavy atom. The molecule has 0 bridgehead atoms. The van der Waals surface area contributed by atoms with E-state index in [1.807, 2.05) is 30.3 Å². The molecule has 1 aromatic heterocycles. The van der Waals surface area contributed by atoms with Gasteiger partial charge in [0.1, 0.15) is 0 Å². The lowest BCUT2D eigenvalue weighted by Crippen LogP contribution is -1.97. The summed E-state index contributed by atoms with van der Waals surface area (Å²) in [6.45, 7) is 0.564. The minimum absolute atomic E-state index is 0.564. The fraction of sp³-hybridized carbons (Fsp3) is 0.0714. The van der Waals surface area contributed by atoms with Gasteiger partial charge in [0.25, 0.3) is 0 Å². The number of thiazole rings is 1. The molecule has 2 nitrogen and oxygen atoms in total. The van der Waals surface area contributed by atoms with Gasteiger partial charge in [-0.3, -0.25) is 0 Å². The van der Waals surface area contributed by atoms with E-state index in [9.17, 15) is 0 Å². The van der Waals surface area contributed by atoms with Crippen LogP contribution in [0, 0.1) is 0 Å². The highest BCUT2D eigenvalue weighted by Crippen LogP contribution is 2.35. The van der Waals surface area contributed by atoms with Crippen LogP contribution in [-0.4, -0.2) is 4.98 Å². The third-order valence-electron chi connectivity index (χ3n) is 2.66. The first-order valence-electron chi connectivity index (χ1n) is 5.68. The lowest BCUT2D eigenvalue weighted by Gasteiger charge is -2.03. The van der Waals surface area contributed by atoms with E-state index in [4.69, 9.17) is 5.73 Å². The highest BCUT2D eigenvalue weighted by Gasteiger charge is 2.07. The monoisotopic (exact) mass is 272 g/mol. The van der Waals surface area contributed by atoms with E-state index in [0.29, 0.717) is 6.54 Å². The summed E-state index contributed by atoms with van der Waals surface area (Å²) in [6, 6.07) is 16.4. The third kappa shape index (κ3) is 2.27. The number of aromatic nitrogens is 1. The Bertz CT molecular complexity index is 643. The maximum Gasteiger partial charge on any atom is 0.155 e. The van der Waals surface area contributed by atoms with Gasteiger partial charge < -0.3 is 5.73 Å². The maximum atomic E-state index is 5.75. The number of nitrogens with zero attached hydrogens (tertiary/aromatic N) is 1. The second-order valence-electron chi connectivity index (χ2n) is 3.86. The number of nitrogens with two attached hydrogens (primary N) is 1. The van der Waals surface area contributed by atoms with Crippen LogP contribution in [0.2, 0.25) is 0 Å². The standard InChI is InChI=1S/C14H12N2S2/c15-9-10-5-1-3-7-12(10)17-14-16-11-6-2-4-8-13(11)18-14/h1-8H,9,15H2. The molecule has 0 atom stereocenters. The second-order valence-corrected chi connectivity index (χ2v) is 6.18. The lowest BCUT2D eigenvalue weighted by molar-refractivity contribution is 1.03. The molecule has 0 radical (unpaired) electrons. The first-order chi connectivity index (χ1) is 8.86. The van der Waals surface area contributed by atoms with Gasteiger partial charge in [0.15, 0.2) is 4.34 Å². The number of hydrogen-bond acceptors (Lipinski definition) is 4. The molecular weight excluding hydrogens is 260 g/mol. The zero-order valence-electron chi connectivity index (χ0n) is 9.67. The van der Waals surface area contributed by atoms with Crippen molar-refractivity contribution in [2.45, 2.75) is 15.8 Å². The summed E-state index contributed by atoms with van der Waals surface area (Å²) in [4.78, 5) is 5.82. The molecule has 0 amide bonds. The van der Waals surface area contributed by atoms with Gasteiger partial charge in [-0.2, -0.15) is 0 Å². The average Bonchev–Trinajstić information content (AvgIpc) is 2.81. The molecule has 0 saturated heterocycles. The number of rotatable bonds is 3. The largest absolute Gasteiger partial charge is 0.326 e. The molecule has 0 saturated carbocycles. The molecule has 0 aliphatic heterocycles. The Balaban J connectivity index is 1.96. The molecule has 0 aliphatic carbocycles. The number of hydrogen-bond donors (Lipinski definition) is 1. The van der Waals surface area contributed by atoms with E-state index in [2.05, 4.69) is 23.2 Å². The minimum Gasteiger partial charge on any atom is -0.326 e. The SMILES string of the molecule is NCc1ccccc1Sc1nc2ccccc2s1. The lowest BCUT2D eigenvalue weighted by atomic mass is 10.2. The Kier molecular flexibility index (Phi) is 3.32. The normalized spacial score (nSPS) is 10.9. The van der Waals surface area contributed by atoms with Crippen molar-refractivity contribution < 1.29 is 0 Å². The van der Waals surface area contributed by atoms with Crippen molar-refractivity contribution in [2.75, 3.05) is 0 Å². The maximum absolute atomic E-state index is 5.75. The van der Waals surface area contributed by atoms with Crippen LogP contribution >= 0.6 is 23.1 Å². The van der Waals surface area contributed by atoms with E-state index >= 15 is 0 Å². The summed E-state index contributed by atoms with van der Waals surface area (Å²) in [6.07, 6.45) is 0. The van der Waals surface area contributed by atoms with Crippen molar-refractivity contribution in [1.82, 2.24) is 4.98 Å². The van der Waals surface area contributed by atoms with Crippen LogP contribution in [0.5, 0.6) is 0 Å². The van der Waals surface area contributed by atoms with Gasteiger partial charge in [-0.25, -0.2) is 4.98 Å². The van der Waals surface area contributed by atoms with E-state index in [1.165, 1.54) is 15.2 Å². The molecule has 0 fully saturated rings. The smallest absolute Gasteiger partial charge is 0.155 e. The summed E-state index contributed by atoms with van der Waals surface area (Å²) in [7, 11) is 0. The second kappa shape index (κ2) is 5.10. The van der Waals surface area contributed by atoms with E-state index in [1.54, 1.807) is 23.1 Å². The molecule has 4 heteroatoms. The molecule has 2 aromatic carbocycles. The Labute approximate surface area is 114 Å². The topological polar surface area (TPSA) is 38.9 Å². The van der Waals surface area contributed by atoms with E-state index in [-0.39, 0.29) is 0 Å². The summed E-state index contributed by atoms with van der Waals surface area (Å²) < 4.78 is 2.29. The molecule has 2 N–H and O–H groups in total. The van der Waals surface area contributed by atoms with Crippen molar-refractivity contribution in [3.05, 3.63) is 54.1 Å². The number of fused-ring (bicyclic) bond motifs is 1. The highest BCUT2D eigenvalue weighted by atomic mass is 32.2. The Morgan fingerprint density at radius 1 is 1.06 bits per heavy atom. The van der Waals surface area contributed by atoms with Crippen molar-refractivity contribution in [3.8, 4) is 0 Å². The van der Waals surface area contributed by atoms with Gasteiger partial charge in [-0.05, 0) is 23.8 Å². The van der Waals surface area contributed by atoms with Crippen molar-refractivity contribution >= 4 is 33.3 Å². The summed E-state index contributed by atoms with van der Waals surface area (Å²) in [5, 5.41) is 0. The quantitative estimate of drug-likeness (QED) is 0.785. The predicted molar refractivity (Wildman–Crippen MR) is 78.1 cm³/mol. The van der Waals surface area contributed by atoms with Crippen LogP contribution in [0.3, 0.4) is 0 Å². The first kappa shape index (κ1) is 11.7. The summed E-state index contributed by atoms with van der Waals surface area (Å²) in [5.41, 5.74) is 7.98. The average molecular weight is 272 g/mol. The van der Waals surface area contributed by atoms with Gasteiger partial charge in [-0.1, -0.05) is 42.1 Å². The Hall–Kier alpha value is -1.36. The zero-order chi connectivity index (χ0) is 12.4. The predicted octanol–water partition coefficient (Wildman–Crippen LogP) is 3.91. The van der Waals surface area contributed by atoms with Gasteiger partial charge in [-0.15, -0.1) is 11.3 Å². The van der Waals surface area contributed by atoms with Gasteiger partial charge in [0, 0.05) is 11.4 Å². The van der Waals surface area contributed by atoms with Crippen LogP contribution in [-0.2, 0) is 6.54 Å². The molecule has 90 valence electrons. The molecule has 0 unspecified atom stereocenters. The van der Waals surface area contributed by atoms with Crippen molar-refractivity contribution in [1.29, 1.82) is 0 Å². The molecule has 18 heavy (non-hydrogen) atoms. The van der Waals surface area contributed by atoms with E-state index in [0.717, 1.165) is 9.86 Å².